The summed E-state index contributed by atoms with van der Waals surface area (Å²) < 4.78 is 38.4. The van der Waals surface area contributed by atoms with E-state index in [0.717, 1.165) is 55.7 Å². The summed E-state index contributed by atoms with van der Waals surface area (Å²) in [6.45, 7) is 2.84. The first-order valence-electron chi connectivity index (χ1n) is 14.8. The molecule has 3 aliphatic carbocycles. The quantitative estimate of drug-likeness (QED) is 0.351. The van der Waals surface area contributed by atoms with Crippen molar-refractivity contribution in [1.29, 1.82) is 0 Å². The Morgan fingerprint density at radius 3 is 2.72 bits per heavy atom. The third-order valence-electron chi connectivity index (χ3n) is 8.08. The van der Waals surface area contributed by atoms with E-state index in [4.69, 9.17) is 18.9 Å². The van der Waals surface area contributed by atoms with Gasteiger partial charge >= 0.3 is 11.8 Å². The first-order chi connectivity index (χ1) is 20.9. The summed E-state index contributed by atoms with van der Waals surface area (Å²) in [5.41, 5.74) is 2.72. The normalized spacial score (nSPS) is 20.6. The number of aromatic nitrogens is 1. The molecule has 3 N–H and O–H groups in total. The molecular weight excluding hydrogens is 555 g/mol. The van der Waals surface area contributed by atoms with E-state index < -0.39 is 17.6 Å². The summed E-state index contributed by atoms with van der Waals surface area (Å²) in [5, 5.41) is 8.50. The van der Waals surface area contributed by atoms with Crippen molar-refractivity contribution in [2.45, 2.75) is 51.0 Å². The molecule has 11 heteroatoms. The average molecular weight is 595 g/mol. The topological polar surface area (TPSA) is 120 Å². The molecule has 0 radical (unpaired) electrons. The van der Waals surface area contributed by atoms with Crippen LogP contribution in [0.1, 0.15) is 49.8 Å². The van der Waals surface area contributed by atoms with Crippen molar-refractivity contribution < 1.29 is 32.9 Å². The Morgan fingerprint density at radius 2 is 1.95 bits per heavy atom. The Bertz CT molecular complexity index is 1380. The van der Waals surface area contributed by atoms with Crippen LogP contribution >= 0.6 is 0 Å². The molecule has 0 bridgehead atoms. The monoisotopic (exact) mass is 594 g/mol. The van der Waals surface area contributed by atoms with E-state index in [-0.39, 0.29) is 24.8 Å². The number of carbonyl (C=O) groups excluding carboxylic acids is 2. The van der Waals surface area contributed by atoms with Gasteiger partial charge in [-0.25, -0.2) is 4.39 Å². The van der Waals surface area contributed by atoms with Crippen LogP contribution < -0.4 is 20.7 Å². The Morgan fingerprint density at radius 1 is 1.12 bits per heavy atom. The SMILES string of the molecule is COC1=C(CNC(=O)C(=O)NC2=CC(F)=C(Oc3ccnc4c3CC(OC)C(OCC3CCNCC3)=C4)CC2)CCC=C1. The maximum absolute atomic E-state index is 15.1. The van der Waals surface area contributed by atoms with Crippen LogP contribution in [0.15, 0.2) is 64.9 Å². The number of fused-ring (bicyclic) bond motifs is 1. The van der Waals surface area contributed by atoms with Gasteiger partial charge in [-0.3, -0.25) is 14.6 Å². The number of rotatable bonds is 10. The number of ether oxygens (including phenoxy) is 4. The van der Waals surface area contributed by atoms with E-state index in [1.807, 2.05) is 18.2 Å². The average Bonchev–Trinajstić information content (AvgIpc) is 3.04. The van der Waals surface area contributed by atoms with Crippen molar-refractivity contribution in [1.82, 2.24) is 20.9 Å². The first-order valence-corrected chi connectivity index (χ1v) is 14.8. The molecule has 1 aromatic rings. The summed E-state index contributed by atoms with van der Waals surface area (Å²) in [6, 6.07) is 1.71. The number of hydrogen-bond acceptors (Lipinski definition) is 8. The van der Waals surface area contributed by atoms with Gasteiger partial charge in [-0.05, 0) is 74.9 Å². The van der Waals surface area contributed by atoms with Gasteiger partial charge in [0.15, 0.2) is 5.83 Å². The van der Waals surface area contributed by atoms with E-state index in [0.29, 0.717) is 48.3 Å². The number of allylic oxidation sites excluding steroid dienone is 6. The lowest BCUT2D eigenvalue weighted by atomic mass is 9.96. The molecule has 2 amide bonds. The van der Waals surface area contributed by atoms with E-state index in [9.17, 15) is 9.59 Å². The zero-order valence-electron chi connectivity index (χ0n) is 24.7. The number of piperidine rings is 1. The van der Waals surface area contributed by atoms with Gasteiger partial charge in [-0.2, -0.15) is 0 Å². The van der Waals surface area contributed by atoms with Gasteiger partial charge in [0.1, 0.15) is 29.1 Å². The Labute approximate surface area is 251 Å². The molecule has 1 atom stereocenters. The van der Waals surface area contributed by atoms with Crippen molar-refractivity contribution in [3.05, 3.63) is 76.1 Å². The van der Waals surface area contributed by atoms with Crippen LogP contribution in [0.2, 0.25) is 0 Å². The molecule has 10 nitrogen and oxygen atoms in total. The molecule has 1 unspecified atom stereocenters. The van der Waals surface area contributed by atoms with E-state index in [1.165, 1.54) is 6.08 Å². The molecule has 1 aromatic heterocycles. The predicted octanol–water partition coefficient (Wildman–Crippen LogP) is 3.73. The number of nitrogens with zero attached hydrogens (tertiary/aromatic N) is 1. The smallest absolute Gasteiger partial charge is 0.313 e. The van der Waals surface area contributed by atoms with Crippen LogP contribution in [0, 0.1) is 5.92 Å². The predicted molar refractivity (Wildman–Crippen MR) is 158 cm³/mol. The fourth-order valence-electron chi connectivity index (χ4n) is 5.58. The third-order valence-corrected chi connectivity index (χ3v) is 8.08. The fourth-order valence-corrected chi connectivity index (χ4v) is 5.58. The van der Waals surface area contributed by atoms with Crippen molar-refractivity contribution in [3.63, 3.8) is 0 Å². The zero-order chi connectivity index (χ0) is 30.2. The van der Waals surface area contributed by atoms with Gasteiger partial charge in [0.25, 0.3) is 0 Å². The molecule has 43 heavy (non-hydrogen) atoms. The van der Waals surface area contributed by atoms with Crippen LogP contribution in [0.3, 0.4) is 0 Å². The van der Waals surface area contributed by atoms with E-state index in [2.05, 4.69) is 20.9 Å². The molecule has 0 aromatic carbocycles. The van der Waals surface area contributed by atoms with Gasteiger partial charge < -0.3 is 34.9 Å². The van der Waals surface area contributed by atoms with E-state index in [1.54, 1.807) is 26.5 Å². The number of nitrogens with one attached hydrogen (secondary N) is 3. The lowest BCUT2D eigenvalue weighted by molar-refractivity contribution is -0.138. The maximum Gasteiger partial charge on any atom is 0.313 e. The molecule has 230 valence electrons. The minimum atomic E-state index is -0.854. The fraction of sp³-hybridized carbons (Fsp3) is 0.469. The van der Waals surface area contributed by atoms with Crippen LogP contribution in [0.5, 0.6) is 5.75 Å². The highest BCUT2D eigenvalue weighted by atomic mass is 19.1. The Hall–Kier alpha value is -3.96. The Kier molecular flexibility index (Phi) is 10.3. The summed E-state index contributed by atoms with van der Waals surface area (Å²) in [6.07, 6.45) is 13.0. The number of pyridine rings is 1. The van der Waals surface area contributed by atoms with Gasteiger partial charge in [-0.1, -0.05) is 6.08 Å². The van der Waals surface area contributed by atoms with Crippen molar-refractivity contribution >= 4 is 17.9 Å². The number of hydrogen-bond donors (Lipinski definition) is 3. The van der Waals surface area contributed by atoms with Gasteiger partial charge in [-0.15, -0.1) is 0 Å². The molecule has 1 fully saturated rings. The highest BCUT2D eigenvalue weighted by Gasteiger charge is 2.28. The highest BCUT2D eigenvalue weighted by molar-refractivity contribution is 6.35. The maximum atomic E-state index is 15.1. The van der Waals surface area contributed by atoms with Crippen LogP contribution in [0.4, 0.5) is 4.39 Å². The van der Waals surface area contributed by atoms with Crippen molar-refractivity contribution in [2.24, 2.45) is 5.92 Å². The van der Waals surface area contributed by atoms with Gasteiger partial charge in [0.05, 0.1) is 19.4 Å². The number of methoxy groups -OCH3 is 2. The van der Waals surface area contributed by atoms with Crippen LogP contribution in [0.25, 0.3) is 6.08 Å². The molecule has 1 aliphatic heterocycles. The molecule has 2 heterocycles. The van der Waals surface area contributed by atoms with Crippen molar-refractivity contribution in [3.8, 4) is 5.75 Å². The number of carbonyl (C=O) groups is 2. The Balaban J connectivity index is 1.20. The highest BCUT2D eigenvalue weighted by Crippen LogP contribution is 2.35. The lowest BCUT2D eigenvalue weighted by Gasteiger charge is -2.29. The van der Waals surface area contributed by atoms with E-state index >= 15 is 4.39 Å². The third kappa shape index (κ3) is 7.71. The molecule has 5 rings (SSSR count). The van der Waals surface area contributed by atoms with Gasteiger partial charge in [0, 0.05) is 50.0 Å². The summed E-state index contributed by atoms with van der Waals surface area (Å²) in [5.74, 6) is 0.299. The second-order valence-electron chi connectivity index (χ2n) is 10.9. The standard InChI is InChI=1S/C32H39FN4O6/c1-40-26-6-4-3-5-21(26)18-36-31(38)32(39)37-22-7-8-28(24(33)15-22)43-27-11-14-35-25-17-30(29(41-2)16-23(25)27)42-19-20-9-12-34-13-10-20/h4,6,11,14-15,17,20,29,34H,3,5,7-10,12-13,16,18-19H2,1-2H3,(H,36,38)(H,37,39). The number of amides is 2. The van der Waals surface area contributed by atoms with Gasteiger partial charge in [0.2, 0.25) is 0 Å². The summed E-state index contributed by atoms with van der Waals surface area (Å²) >= 11 is 0. The summed E-state index contributed by atoms with van der Waals surface area (Å²) in [4.78, 5) is 29.3. The number of halogens is 1. The second-order valence-corrected chi connectivity index (χ2v) is 10.9. The second kappa shape index (κ2) is 14.5. The molecule has 0 saturated carbocycles. The zero-order valence-corrected chi connectivity index (χ0v) is 24.7. The summed E-state index contributed by atoms with van der Waals surface area (Å²) in [7, 11) is 3.20. The first kappa shape index (κ1) is 30.5. The molecule has 1 saturated heterocycles. The molecular formula is C32H39FN4O6. The van der Waals surface area contributed by atoms with Crippen LogP contribution in [-0.4, -0.2) is 63.4 Å². The minimum absolute atomic E-state index is 0.145. The minimum Gasteiger partial charge on any atom is -0.497 e. The molecule has 0 spiro atoms. The van der Waals surface area contributed by atoms with Crippen molar-refractivity contribution in [2.75, 3.05) is 40.5 Å². The largest absolute Gasteiger partial charge is 0.497 e. The molecule has 4 aliphatic rings. The van der Waals surface area contributed by atoms with Crippen LogP contribution in [-0.2, 0) is 30.2 Å². The lowest BCUT2D eigenvalue weighted by Crippen LogP contribution is -2.40.